The number of phenolic OH excluding ortho intramolecular Hbond substituents is 1. The van der Waals surface area contributed by atoms with Crippen LogP contribution in [0.2, 0.25) is 0 Å². The van der Waals surface area contributed by atoms with Gasteiger partial charge in [0, 0.05) is 23.8 Å². The fourth-order valence-corrected chi connectivity index (χ4v) is 3.46. The summed E-state index contributed by atoms with van der Waals surface area (Å²) in [5.74, 6) is 0.355. The Balaban J connectivity index is 2.02. The van der Waals surface area contributed by atoms with E-state index in [-0.39, 0.29) is 0 Å². The van der Waals surface area contributed by atoms with Crippen LogP contribution in [0.5, 0.6) is 5.75 Å². The van der Waals surface area contributed by atoms with Crippen molar-refractivity contribution in [2.24, 2.45) is 0 Å². The van der Waals surface area contributed by atoms with Crippen molar-refractivity contribution in [2.45, 2.75) is 32.4 Å². The SMILES string of the molecule is CC1CCc2cccc3c2N1Cc1ccc(O)cc1-3. The van der Waals surface area contributed by atoms with Crippen LogP contribution in [0.3, 0.4) is 0 Å². The van der Waals surface area contributed by atoms with Gasteiger partial charge in [-0.3, -0.25) is 0 Å². The summed E-state index contributed by atoms with van der Waals surface area (Å²) in [5.41, 5.74) is 6.63. The molecule has 2 aliphatic rings. The number of nitrogens with zero attached hydrogens (tertiary/aromatic N) is 1. The van der Waals surface area contributed by atoms with Gasteiger partial charge in [0.05, 0.1) is 0 Å². The highest BCUT2D eigenvalue weighted by Crippen LogP contribution is 2.45. The summed E-state index contributed by atoms with van der Waals surface area (Å²) in [6, 6.07) is 12.9. The first-order chi connectivity index (χ1) is 9.24. The normalized spacial score (nSPS) is 19.8. The van der Waals surface area contributed by atoms with Crippen molar-refractivity contribution in [3.05, 3.63) is 47.5 Å². The molecule has 0 bridgehead atoms. The number of fused-ring (bicyclic) bond motifs is 2. The lowest BCUT2D eigenvalue weighted by Gasteiger charge is -2.42. The molecule has 0 spiro atoms. The van der Waals surface area contributed by atoms with Gasteiger partial charge in [-0.2, -0.15) is 0 Å². The summed E-state index contributed by atoms with van der Waals surface area (Å²) in [4.78, 5) is 2.52. The molecule has 2 aromatic carbocycles. The summed E-state index contributed by atoms with van der Waals surface area (Å²) in [6.07, 6.45) is 2.39. The van der Waals surface area contributed by atoms with E-state index in [2.05, 4.69) is 36.1 Å². The first-order valence-electron chi connectivity index (χ1n) is 6.95. The lowest BCUT2D eigenvalue weighted by atomic mass is 9.85. The lowest BCUT2D eigenvalue weighted by Crippen LogP contribution is -2.38. The number of para-hydroxylation sites is 1. The standard InChI is InChI=1S/C17H17NO/c1-11-5-6-12-3-2-4-15-16-9-14(19)8-7-13(16)10-18(11)17(12)15/h2-4,7-9,11,19H,5-6,10H2,1H3. The lowest BCUT2D eigenvalue weighted by molar-refractivity contribution is 0.475. The van der Waals surface area contributed by atoms with Gasteiger partial charge in [-0.15, -0.1) is 0 Å². The predicted molar refractivity (Wildman–Crippen MR) is 77.5 cm³/mol. The zero-order valence-corrected chi connectivity index (χ0v) is 11.1. The Bertz CT molecular complexity index is 662. The zero-order chi connectivity index (χ0) is 13.0. The second kappa shape index (κ2) is 3.77. The van der Waals surface area contributed by atoms with Crippen LogP contribution >= 0.6 is 0 Å². The number of rotatable bonds is 0. The Hall–Kier alpha value is -1.96. The number of aromatic hydroxyl groups is 1. The van der Waals surface area contributed by atoms with E-state index in [0.717, 1.165) is 13.0 Å². The number of phenols is 1. The summed E-state index contributed by atoms with van der Waals surface area (Å²) < 4.78 is 0. The molecule has 0 aromatic heterocycles. The first kappa shape index (κ1) is 10.9. The highest BCUT2D eigenvalue weighted by atomic mass is 16.3. The Labute approximate surface area is 113 Å². The molecule has 1 unspecified atom stereocenters. The van der Waals surface area contributed by atoms with Gasteiger partial charge in [-0.25, -0.2) is 0 Å². The van der Waals surface area contributed by atoms with Crippen molar-refractivity contribution in [3.8, 4) is 16.9 Å². The van der Waals surface area contributed by atoms with Crippen LogP contribution in [0, 0.1) is 0 Å². The molecule has 0 fully saturated rings. The van der Waals surface area contributed by atoms with Gasteiger partial charge >= 0.3 is 0 Å². The number of hydrogen-bond donors (Lipinski definition) is 1. The Morgan fingerprint density at radius 3 is 2.89 bits per heavy atom. The minimum absolute atomic E-state index is 0.355. The van der Waals surface area contributed by atoms with Gasteiger partial charge in [0.1, 0.15) is 5.75 Å². The third-order valence-corrected chi connectivity index (χ3v) is 4.49. The molecular weight excluding hydrogens is 234 g/mol. The van der Waals surface area contributed by atoms with Crippen LogP contribution in [-0.2, 0) is 13.0 Å². The van der Waals surface area contributed by atoms with Crippen LogP contribution in [0.25, 0.3) is 11.1 Å². The monoisotopic (exact) mass is 251 g/mol. The quantitative estimate of drug-likeness (QED) is 0.771. The molecule has 4 rings (SSSR count). The molecule has 2 nitrogen and oxygen atoms in total. The molecule has 19 heavy (non-hydrogen) atoms. The molecule has 0 saturated carbocycles. The van der Waals surface area contributed by atoms with Gasteiger partial charge in [0.25, 0.3) is 0 Å². The highest BCUT2D eigenvalue weighted by Gasteiger charge is 2.30. The summed E-state index contributed by atoms with van der Waals surface area (Å²) in [7, 11) is 0. The van der Waals surface area contributed by atoms with E-state index in [4.69, 9.17) is 0 Å². The van der Waals surface area contributed by atoms with Crippen molar-refractivity contribution < 1.29 is 5.11 Å². The number of aryl methyl sites for hydroxylation is 1. The van der Waals surface area contributed by atoms with E-state index in [1.54, 1.807) is 6.07 Å². The number of benzene rings is 2. The van der Waals surface area contributed by atoms with E-state index in [9.17, 15) is 5.11 Å². The third-order valence-electron chi connectivity index (χ3n) is 4.49. The fourth-order valence-electron chi connectivity index (χ4n) is 3.46. The molecule has 0 saturated heterocycles. The van der Waals surface area contributed by atoms with Crippen molar-refractivity contribution in [3.63, 3.8) is 0 Å². The van der Waals surface area contributed by atoms with Crippen molar-refractivity contribution >= 4 is 5.69 Å². The maximum absolute atomic E-state index is 9.76. The van der Waals surface area contributed by atoms with Crippen LogP contribution in [0.4, 0.5) is 5.69 Å². The maximum atomic E-state index is 9.76. The molecule has 1 atom stereocenters. The van der Waals surface area contributed by atoms with Gasteiger partial charge < -0.3 is 10.0 Å². The summed E-state index contributed by atoms with van der Waals surface area (Å²) >= 11 is 0. The van der Waals surface area contributed by atoms with Gasteiger partial charge in [-0.1, -0.05) is 24.3 Å². The van der Waals surface area contributed by atoms with Gasteiger partial charge in [-0.05, 0) is 48.6 Å². The zero-order valence-electron chi connectivity index (χ0n) is 11.1. The smallest absolute Gasteiger partial charge is 0.116 e. The van der Waals surface area contributed by atoms with E-state index >= 15 is 0 Å². The van der Waals surface area contributed by atoms with Crippen LogP contribution in [0.1, 0.15) is 24.5 Å². The molecule has 96 valence electrons. The molecule has 0 radical (unpaired) electrons. The average molecular weight is 251 g/mol. The molecule has 2 heterocycles. The molecule has 2 aliphatic heterocycles. The van der Waals surface area contributed by atoms with E-state index in [0.29, 0.717) is 11.8 Å². The van der Waals surface area contributed by atoms with Gasteiger partial charge in [0.15, 0.2) is 0 Å². The predicted octanol–water partition coefficient (Wildman–Crippen LogP) is 3.71. The third kappa shape index (κ3) is 1.49. The molecule has 1 N–H and O–H groups in total. The van der Waals surface area contributed by atoms with Crippen LogP contribution < -0.4 is 4.90 Å². The molecule has 0 aliphatic carbocycles. The first-order valence-corrected chi connectivity index (χ1v) is 6.95. The largest absolute Gasteiger partial charge is 0.508 e. The Morgan fingerprint density at radius 2 is 2.00 bits per heavy atom. The second-order valence-electron chi connectivity index (χ2n) is 5.67. The average Bonchev–Trinajstić information content (AvgIpc) is 2.43. The van der Waals surface area contributed by atoms with E-state index in [1.165, 1.54) is 34.4 Å². The van der Waals surface area contributed by atoms with E-state index < -0.39 is 0 Å². The maximum Gasteiger partial charge on any atom is 0.116 e. The molecular formula is C17H17NO. The van der Waals surface area contributed by atoms with Crippen molar-refractivity contribution in [1.29, 1.82) is 0 Å². The van der Waals surface area contributed by atoms with Gasteiger partial charge in [0.2, 0.25) is 0 Å². The highest BCUT2D eigenvalue weighted by molar-refractivity contribution is 5.87. The second-order valence-corrected chi connectivity index (χ2v) is 5.67. The van der Waals surface area contributed by atoms with Crippen molar-refractivity contribution in [1.82, 2.24) is 0 Å². The fraction of sp³-hybridized carbons (Fsp3) is 0.294. The van der Waals surface area contributed by atoms with Crippen LogP contribution in [-0.4, -0.2) is 11.1 Å². The molecule has 2 aromatic rings. The molecule has 2 heteroatoms. The Kier molecular flexibility index (Phi) is 2.16. The number of hydrogen-bond acceptors (Lipinski definition) is 2. The Morgan fingerprint density at radius 1 is 1.11 bits per heavy atom. The summed E-state index contributed by atoms with van der Waals surface area (Å²) in [6.45, 7) is 3.27. The number of anilines is 1. The molecule has 0 amide bonds. The van der Waals surface area contributed by atoms with Crippen LogP contribution in [0.15, 0.2) is 36.4 Å². The minimum Gasteiger partial charge on any atom is -0.508 e. The summed E-state index contributed by atoms with van der Waals surface area (Å²) in [5, 5.41) is 9.76. The van der Waals surface area contributed by atoms with E-state index in [1.807, 2.05) is 6.07 Å². The topological polar surface area (TPSA) is 23.5 Å². The minimum atomic E-state index is 0.355. The van der Waals surface area contributed by atoms with Crippen molar-refractivity contribution in [2.75, 3.05) is 4.90 Å².